The Labute approximate surface area is 119 Å². The van der Waals surface area contributed by atoms with E-state index in [-0.39, 0.29) is 6.10 Å². The number of aromatic nitrogens is 1. The number of nitrogens with zero attached hydrogens (tertiary/aromatic N) is 2. The summed E-state index contributed by atoms with van der Waals surface area (Å²) < 4.78 is 18.3. The minimum Gasteiger partial charge on any atom is -0.475 e. The van der Waals surface area contributed by atoms with E-state index in [9.17, 15) is 5.26 Å². The largest absolute Gasteiger partial charge is 0.475 e. The van der Waals surface area contributed by atoms with Gasteiger partial charge in [-0.05, 0) is 19.8 Å². The number of hydrogen-bond donors (Lipinski definition) is 1. The van der Waals surface area contributed by atoms with Crippen LogP contribution in [0.25, 0.3) is 0 Å². The smallest absolute Gasteiger partial charge is 0.218 e. The van der Waals surface area contributed by atoms with Crippen molar-refractivity contribution in [2.45, 2.75) is 32.4 Å². The summed E-state index contributed by atoms with van der Waals surface area (Å²) in [6, 6.07) is 3.79. The highest BCUT2D eigenvalue weighted by Gasteiger charge is 2.21. The molecule has 1 aromatic heterocycles. The van der Waals surface area contributed by atoms with Crippen LogP contribution in [0.2, 0.25) is 0 Å². The highest BCUT2D eigenvalue weighted by atomic mass is 16.5. The normalized spacial score (nSPS) is 18.1. The van der Waals surface area contributed by atoms with Gasteiger partial charge in [-0.15, -0.1) is 0 Å². The van der Waals surface area contributed by atoms with Crippen LogP contribution in [0.4, 0.5) is 5.69 Å². The lowest BCUT2D eigenvalue weighted by molar-refractivity contribution is 0.0879. The van der Waals surface area contributed by atoms with Crippen molar-refractivity contribution < 1.29 is 14.2 Å². The first-order valence-electron chi connectivity index (χ1n) is 6.97. The van der Waals surface area contributed by atoms with E-state index in [1.807, 2.05) is 6.92 Å². The molecule has 1 aliphatic rings. The Morgan fingerprint density at radius 2 is 2.40 bits per heavy atom. The van der Waals surface area contributed by atoms with Gasteiger partial charge in [-0.25, -0.2) is 0 Å². The predicted octanol–water partition coefficient (Wildman–Crippen LogP) is 1.54. The third kappa shape index (κ3) is 3.44. The Kier molecular flexibility index (Phi) is 5.27. The average molecular weight is 279 g/mol. The molecule has 0 aromatic carbocycles. The van der Waals surface area contributed by atoms with Gasteiger partial charge in [-0.3, -0.25) is 4.57 Å². The van der Waals surface area contributed by atoms with Gasteiger partial charge in [0, 0.05) is 19.3 Å². The van der Waals surface area contributed by atoms with E-state index in [2.05, 4.69) is 6.07 Å². The number of hydrogen-bond acceptors (Lipinski definition) is 5. The fraction of sp³-hybridized carbons (Fsp3) is 0.643. The number of rotatable bonds is 7. The topological polar surface area (TPSA) is 82.4 Å². The van der Waals surface area contributed by atoms with Crippen LogP contribution in [0.3, 0.4) is 0 Å². The maximum Gasteiger partial charge on any atom is 0.218 e. The average Bonchev–Trinajstić information content (AvgIpc) is 3.05. The molecular weight excluding hydrogens is 258 g/mol. The molecule has 1 atom stereocenters. The summed E-state index contributed by atoms with van der Waals surface area (Å²) in [5.74, 6) is 0.539. The Balaban J connectivity index is 2.07. The fourth-order valence-electron chi connectivity index (χ4n) is 2.32. The zero-order chi connectivity index (χ0) is 14.4. The molecule has 0 amide bonds. The molecular formula is C14H21N3O3. The van der Waals surface area contributed by atoms with Gasteiger partial charge in [0.2, 0.25) is 5.88 Å². The second-order valence-corrected chi connectivity index (χ2v) is 4.69. The molecule has 2 heterocycles. The first-order valence-corrected chi connectivity index (χ1v) is 6.97. The van der Waals surface area contributed by atoms with E-state index in [0.29, 0.717) is 43.6 Å². The highest BCUT2D eigenvalue weighted by molar-refractivity contribution is 5.55. The van der Waals surface area contributed by atoms with Gasteiger partial charge in [-0.1, -0.05) is 0 Å². The molecule has 6 heteroatoms. The molecule has 0 unspecified atom stereocenters. The van der Waals surface area contributed by atoms with Crippen molar-refractivity contribution in [3.05, 3.63) is 11.8 Å². The summed E-state index contributed by atoms with van der Waals surface area (Å²) in [4.78, 5) is 0. The van der Waals surface area contributed by atoms with Gasteiger partial charge in [-0.2, -0.15) is 5.26 Å². The number of anilines is 1. The molecule has 1 aliphatic heterocycles. The summed E-state index contributed by atoms with van der Waals surface area (Å²) >= 11 is 0. The van der Waals surface area contributed by atoms with Crippen molar-refractivity contribution in [2.24, 2.45) is 0 Å². The molecule has 110 valence electrons. The standard InChI is InChI=1S/C14H21N3O3/c1-2-18-6-7-20-14-13(16)8-11(9-15)17(14)10-12-4-3-5-19-12/h8,12H,2-7,10,16H2,1H3/t12-/m0/s1. The first kappa shape index (κ1) is 14.7. The zero-order valence-electron chi connectivity index (χ0n) is 11.8. The second-order valence-electron chi connectivity index (χ2n) is 4.69. The van der Waals surface area contributed by atoms with Crippen LogP contribution in [0, 0.1) is 11.3 Å². The summed E-state index contributed by atoms with van der Waals surface area (Å²) in [5, 5.41) is 9.19. The Morgan fingerprint density at radius 3 is 3.05 bits per heavy atom. The van der Waals surface area contributed by atoms with Gasteiger partial charge in [0.05, 0.1) is 24.9 Å². The number of nitrogen functional groups attached to an aromatic ring is 1. The molecule has 1 saturated heterocycles. The molecule has 1 aromatic rings. The second kappa shape index (κ2) is 7.17. The molecule has 0 bridgehead atoms. The van der Waals surface area contributed by atoms with Crippen LogP contribution in [0.15, 0.2) is 6.07 Å². The van der Waals surface area contributed by atoms with Crippen molar-refractivity contribution in [1.29, 1.82) is 5.26 Å². The third-order valence-corrected chi connectivity index (χ3v) is 3.27. The van der Waals surface area contributed by atoms with Crippen LogP contribution >= 0.6 is 0 Å². The van der Waals surface area contributed by atoms with Crippen molar-refractivity contribution in [3.8, 4) is 11.9 Å². The highest BCUT2D eigenvalue weighted by Crippen LogP contribution is 2.28. The van der Waals surface area contributed by atoms with Crippen LogP contribution in [-0.2, 0) is 16.0 Å². The van der Waals surface area contributed by atoms with Crippen molar-refractivity contribution in [2.75, 3.05) is 32.2 Å². The van der Waals surface area contributed by atoms with Gasteiger partial charge in [0.1, 0.15) is 18.4 Å². The van der Waals surface area contributed by atoms with Gasteiger partial charge < -0.3 is 19.9 Å². The van der Waals surface area contributed by atoms with Crippen molar-refractivity contribution >= 4 is 5.69 Å². The monoisotopic (exact) mass is 279 g/mol. The minimum atomic E-state index is 0.128. The first-order chi connectivity index (χ1) is 9.76. The Hall–Kier alpha value is -1.71. The maximum atomic E-state index is 9.19. The SMILES string of the molecule is CCOCCOc1c(N)cc(C#N)n1C[C@@H]1CCCO1. The molecule has 2 N–H and O–H groups in total. The predicted molar refractivity (Wildman–Crippen MR) is 74.5 cm³/mol. The van der Waals surface area contributed by atoms with Crippen molar-refractivity contribution in [3.63, 3.8) is 0 Å². The summed E-state index contributed by atoms with van der Waals surface area (Å²) in [6.45, 7) is 4.89. The minimum absolute atomic E-state index is 0.128. The molecule has 6 nitrogen and oxygen atoms in total. The van der Waals surface area contributed by atoms with Crippen LogP contribution in [-0.4, -0.2) is 37.1 Å². The molecule has 0 aliphatic carbocycles. The summed E-state index contributed by atoms with van der Waals surface area (Å²) in [6.07, 6.45) is 2.19. The lowest BCUT2D eigenvalue weighted by Gasteiger charge is -2.16. The number of nitriles is 1. The van der Waals surface area contributed by atoms with E-state index < -0.39 is 0 Å². The van der Waals surface area contributed by atoms with E-state index in [0.717, 1.165) is 19.4 Å². The van der Waals surface area contributed by atoms with E-state index in [1.54, 1.807) is 10.6 Å². The number of nitrogens with two attached hydrogens (primary N) is 1. The Morgan fingerprint density at radius 1 is 1.55 bits per heavy atom. The molecule has 0 spiro atoms. The third-order valence-electron chi connectivity index (χ3n) is 3.27. The van der Waals surface area contributed by atoms with Crippen LogP contribution < -0.4 is 10.5 Å². The van der Waals surface area contributed by atoms with Crippen LogP contribution in [0.5, 0.6) is 5.88 Å². The van der Waals surface area contributed by atoms with E-state index in [1.165, 1.54) is 0 Å². The molecule has 0 saturated carbocycles. The lowest BCUT2D eigenvalue weighted by atomic mass is 10.2. The van der Waals surface area contributed by atoms with Crippen molar-refractivity contribution in [1.82, 2.24) is 4.57 Å². The molecule has 1 fully saturated rings. The van der Waals surface area contributed by atoms with E-state index >= 15 is 0 Å². The summed E-state index contributed by atoms with van der Waals surface area (Å²) in [7, 11) is 0. The molecule has 2 rings (SSSR count). The molecule has 0 radical (unpaired) electrons. The van der Waals surface area contributed by atoms with Gasteiger partial charge in [0.15, 0.2) is 0 Å². The van der Waals surface area contributed by atoms with Crippen LogP contribution in [0.1, 0.15) is 25.5 Å². The van der Waals surface area contributed by atoms with Gasteiger partial charge in [0.25, 0.3) is 0 Å². The quantitative estimate of drug-likeness (QED) is 0.765. The van der Waals surface area contributed by atoms with E-state index in [4.69, 9.17) is 19.9 Å². The molecule has 20 heavy (non-hydrogen) atoms. The lowest BCUT2D eigenvalue weighted by Crippen LogP contribution is -2.18. The Bertz CT molecular complexity index is 473. The van der Waals surface area contributed by atoms with Gasteiger partial charge >= 0.3 is 0 Å². The zero-order valence-corrected chi connectivity index (χ0v) is 11.8. The number of ether oxygens (including phenoxy) is 3. The maximum absolute atomic E-state index is 9.19. The fourth-order valence-corrected chi connectivity index (χ4v) is 2.32. The summed E-state index contributed by atoms with van der Waals surface area (Å²) in [5.41, 5.74) is 6.91.